The van der Waals surface area contributed by atoms with E-state index in [2.05, 4.69) is 16.0 Å². The fourth-order valence-electron chi connectivity index (χ4n) is 2.57. The Bertz CT molecular complexity index is 591. The zero-order valence-electron chi connectivity index (χ0n) is 10.9. The third kappa shape index (κ3) is 2.30. The number of carbonyl (C=O) groups excluding carboxylic acids is 3. The van der Waals surface area contributed by atoms with E-state index in [4.69, 9.17) is 0 Å². The van der Waals surface area contributed by atoms with E-state index < -0.39 is 5.91 Å². The second-order valence-corrected chi connectivity index (χ2v) is 5.06. The second-order valence-electron chi connectivity index (χ2n) is 5.06. The number of amides is 3. The van der Waals surface area contributed by atoms with Crippen LogP contribution in [-0.2, 0) is 4.79 Å². The van der Waals surface area contributed by atoms with Crippen LogP contribution >= 0.6 is 0 Å². The highest BCUT2D eigenvalue weighted by molar-refractivity contribution is 6.22. The van der Waals surface area contributed by atoms with Crippen molar-refractivity contribution in [1.29, 1.82) is 0 Å². The van der Waals surface area contributed by atoms with Gasteiger partial charge in [-0.25, -0.2) is 0 Å². The molecule has 2 heterocycles. The Kier molecular flexibility index (Phi) is 3.23. The first-order valence-electron chi connectivity index (χ1n) is 6.66. The molecule has 3 N–H and O–H groups in total. The molecule has 0 radical (unpaired) electrons. The molecular weight excluding hydrogens is 258 g/mol. The van der Waals surface area contributed by atoms with E-state index in [0.29, 0.717) is 16.8 Å². The van der Waals surface area contributed by atoms with Crippen LogP contribution in [-0.4, -0.2) is 30.8 Å². The molecule has 0 unspecified atom stereocenters. The minimum atomic E-state index is -0.414. The smallest absolute Gasteiger partial charge is 0.259 e. The molecule has 0 spiro atoms. The van der Waals surface area contributed by atoms with Crippen LogP contribution in [0.3, 0.4) is 0 Å². The molecule has 0 aromatic heterocycles. The van der Waals surface area contributed by atoms with Crippen molar-refractivity contribution < 1.29 is 14.4 Å². The molecule has 1 aromatic rings. The van der Waals surface area contributed by atoms with Crippen molar-refractivity contribution >= 4 is 23.4 Å². The van der Waals surface area contributed by atoms with Gasteiger partial charge in [0.15, 0.2) is 0 Å². The van der Waals surface area contributed by atoms with Gasteiger partial charge in [-0.1, -0.05) is 0 Å². The third-order valence-corrected chi connectivity index (χ3v) is 3.71. The first-order chi connectivity index (χ1) is 9.65. The summed E-state index contributed by atoms with van der Waals surface area (Å²) in [5.74, 6) is -0.833. The van der Waals surface area contributed by atoms with E-state index in [-0.39, 0.29) is 17.7 Å². The fraction of sp³-hybridized carbons (Fsp3) is 0.357. The molecule has 2 aliphatic heterocycles. The molecule has 0 aliphatic carbocycles. The summed E-state index contributed by atoms with van der Waals surface area (Å²) in [6, 6.07) is 4.76. The lowest BCUT2D eigenvalue weighted by Gasteiger charge is -2.21. The molecule has 104 valence electrons. The number of fused-ring (bicyclic) bond motifs is 1. The van der Waals surface area contributed by atoms with Crippen LogP contribution in [0.4, 0.5) is 5.69 Å². The van der Waals surface area contributed by atoms with Gasteiger partial charge in [0.1, 0.15) is 0 Å². The normalized spacial score (nSPS) is 18.6. The molecule has 1 saturated heterocycles. The molecular formula is C14H15N3O3. The Morgan fingerprint density at radius 1 is 1.10 bits per heavy atom. The fourth-order valence-corrected chi connectivity index (χ4v) is 2.57. The molecule has 1 aromatic carbocycles. The summed E-state index contributed by atoms with van der Waals surface area (Å²) in [5, 5.41) is 8.25. The molecule has 6 heteroatoms. The van der Waals surface area contributed by atoms with Gasteiger partial charge in [-0.15, -0.1) is 0 Å². The SMILES string of the molecule is O=C1NC(=O)c2cc(NC(=O)C3CCNCC3)ccc21. The maximum Gasteiger partial charge on any atom is 0.259 e. The molecule has 2 aliphatic rings. The Hall–Kier alpha value is -2.21. The lowest BCUT2D eigenvalue weighted by molar-refractivity contribution is -0.120. The maximum atomic E-state index is 12.1. The minimum absolute atomic E-state index is 0.0000342. The number of hydrogen-bond donors (Lipinski definition) is 3. The zero-order chi connectivity index (χ0) is 14.1. The minimum Gasteiger partial charge on any atom is -0.326 e. The van der Waals surface area contributed by atoms with Crippen LogP contribution in [0.5, 0.6) is 0 Å². The summed E-state index contributed by atoms with van der Waals surface area (Å²) < 4.78 is 0. The molecule has 3 amide bonds. The van der Waals surface area contributed by atoms with Crippen LogP contribution < -0.4 is 16.0 Å². The number of piperidine rings is 1. The molecule has 20 heavy (non-hydrogen) atoms. The van der Waals surface area contributed by atoms with Crippen LogP contribution in [0.25, 0.3) is 0 Å². The van der Waals surface area contributed by atoms with E-state index >= 15 is 0 Å². The van der Waals surface area contributed by atoms with Crippen LogP contribution in [0.15, 0.2) is 18.2 Å². The molecule has 0 atom stereocenters. The van der Waals surface area contributed by atoms with E-state index in [1.165, 1.54) is 0 Å². The van der Waals surface area contributed by atoms with Gasteiger partial charge >= 0.3 is 0 Å². The first kappa shape index (κ1) is 12.8. The Balaban J connectivity index is 1.75. The van der Waals surface area contributed by atoms with Gasteiger partial charge in [0.25, 0.3) is 11.8 Å². The Morgan fingerprint density at radius 3 is 2.55 bits per heavy atom. The van der Waals surface area contributed by atoms with Crippen LogP contribution in [0.1, 0.15) is 33.6 Å². The number of rotatable bonds is 2. The summed E-state index contributed by atoms with van der Waals surface area (Å²) >= 11 is 0. The van der Waals surface area contributed by atoms with E-state index in [9.17, 15) is 14.4 Å². The quantitative estimate of drug-likeness (QED) is 0.685. The monoisotopic (exact) mass is 273 g/mol. The summed E-state index contributed by atoms with van der Waals surface area (Å²) in [6.45, 7) is 1.69. The number of carbonyl (C=O) groups is 3. The van der Waals surface area contributed by atoms with Gasteiger partial charge in [-0.2, -0.15) is 0 Å². The van der Waals surface area contributed by atoms with Gasteiger partial charge < -0.3 is 10.6 Å². The first-order valence-corrected chi connectivity index (χ1v) is 6.66. The van der Waals surface area contributed by atoms with Gasteiger partial charge in [-0.05, 0) is 44.1 Å². The largest absolute Gasteiger partial charge is 0.326 e. The maximum absolute atomic E-state index is 12.1. The third-order valence-electron chi connectivity index (χ3n) is 3.71. The average molecular weight is 273 g/mol. The Labute approximate surface area is 115 Å². The highest BCUT2D eigenvalue weighted by Crippen LogP contribution is 2.21. The highest BCUT2D eigenvalue weighted by atomic mass is 16.2. The molecule has 0 bridgehead atoms. The second kappa shape index (κ2) is 5.05. The molecule has 1 fully saturated rings. The number of imide groups is 1. The highest BCUT2D eigenvalue weighted by Gasteiger charge is 2.27. The average Bonchev–Trinajstić information content (AvgIpc) is 2.75. The zero-order valence-corrected chi connectivity index (χ0v) is 10.9. The lowest BCUT2D eigenvalue weighted by atomic mass is 9.97. The number of benzene rings is 1. The van der Waals surface area contributed by atoms with Gasteiger partial charge in [-0.3, -0.25) is 19.7 Å². The lowest BCUT2D eigenvalue weighted by Crippen LogP contribution is -2.34. The van der Waals surface area contributed by atoms with Gasteiger partial charge in [0.2, 0.25) is 5.91 Å². The summed E-state index contributed by atoms with van der Waals surface area (Å²) in [7, 11) is 0. The molecule has 6 nitrogen and oxygen atoms in total. The number of hydrogen-bond acceptors (Lipinski definition) is 4. The van der Waals surface area contributed by atoms with E-state index in [1.807, 2.05) is 0 Å². The Morgan fingerprint density at radius 2 is 1.80 bits per heavy atom. The van der Waals surface area contributed by atoms with Crippen molar-refractivity contribution in [3.63, 3.8) is 0 Å². The summed E-state index contributed by atoms with van der Waals surface area (Å²) in [4.78, 5) is 35.1. The van der Waals surface area contributed by atoms with E-state index in [0.717, 1.165) is 25.9 Å². The van der Waals surface area contributed by atoms with Crippen molar-refractivity contribution in [2.24, 2.45) is 5.92 Å². The topological polar surface area (TPSA) is 87.3 Å². The van der Waals surface area contributed by atoms with Crippen molar-refractivity contribution in [3.05, 3.63) is 29.3 Å². The van der Waals surface area contributed by atoms with Gasteiger partial charge in [0, 0.05) is 11.6 Å². The predicted octanol–water partition coefficient (Wildman–Crippen LogP) is 0.508. The summed E-state index contributed by atoms with van der Waals surface area (Å²) in [5.41, 5.74) is 1.23. The predicted molar refractivity (Wildman–Crippen MR) is 72.5 cm³/mol. The van der Waals surface area contributed by atoms with Crippen LogP contribution in [0.2, 0.25) is 0 Å². The van der Waals surface area contributed by atoms with Crippen molar-refractivity contribution in [3.8, 4) is 0 Å². The molecule has 0 saturated carbocycles. The summed E-state index contributed by atoms with van der Waals surface area (Å²) in [6.07, 6.45) is 1.63. The van der Waals surface area contributed by atoms with Crippen molar-refractivity contribution in [2.75, 3.05) is 18.4 Å². The van der Waals surface area contributed by atoms with Crippen LogP contribution in [0, 0.1) is 5.92 Å². The van der Waals surface area contributed by atoms with E-state index in [1.54, 1.807) is 18.2 Å². The van der Waals surface area contributed by atoms with Gasteiger partial charge in [0.05, 0.1) is 11.1 Å². The molecule has 3 rings (SSSR count). The van der Waals surface area contributed by atoms with Crippen molar-refractivity contribution in [1.82, 2.24) is 10.6 Å². The number of nitrogens with one attached hydrogen (secondary N) is 3. The van der Waals surface area contributed by atoms with Crippen molar-refractivity contribution in [2.45, 2.75) is 12.8 Å². The number of anilines is 1. The standard InChI is InChI=1S/C14H15N3O3/c18-12(8-3-5-15-6-4-8)16-9-1-2-10-11(7-9)14(20)17-13(10)19/h1-2,7-8,15H,3-6H2,(H,16,18)(H,17,19,20).